The Balaban J connectivity index is 2.37. The first-order chi connectivity index (χ1) is 8.33. The van der Waals surface area contributed by atoms with E-state index >= 15 is 0 Å². The first-order valence-electron chi connectivity index (χ1n) is 6.15. The second kappa shape index (κ2) is 5.49. The van der Waals surface area contributed by atoms with Gasteiger partial charge in [0.25, 0.3) is 0 Å². The molecule has 2 rings (SSSR count). The Hall–Kier alpha value is -1.82. The molecule has 0 bridgehead atoms. The van der Waals surface area contributed by atoms with E-state index < -0.39 is 0 Å². The fourth-order valence-corrected chi connectivity index (χ4v) is 2.04. The lowest BCUT2D eigenvalue weighted by Gasteiger charge is -2.05. The highest BCUT2D eigenvalue weighted by molar-refractivity contribution is 5.67. The van der Waals surface area contributed by atoms with E-state index in [2.05, 4.69) is 62.0 Å². The van der Waals surface area contributed by atoms with E-state index in [-0.39, 0.29) is 0 Å². The van der Waals surface area contributed by atoms with Crippen molar-refractivity contribution in [1.82, 2.24) is 0 Å². The molecule has 0 saturated heterocycles. The van der Waals surface area contributed by atoms with Gasteiger partial charge in [-0.15, -0.1) is 0 Å². The van der Waals surface area contributed by atoms with E-state index in [9.17, 15) is 0 Å². The van der Waals surface area contributed by atoms with Crippen molar-refractivity contribution >= 4 is 6.08 Å². The predicted octanol–water partition coefficient (Wildman–Crippen LogP) is 4.95. The SMILES string of the molecule is C=Cc1cccc(-c2cccc(CCC)c2)c1. The molecule has 2 aromatic rings. The first kappa shape index (κ1) is 11.7. The average Bonchev–Trinajstić information content (AvgIpc) is 2.40. The monoisotopic (exact) mass is 222 g/mol. The van der Waals surface area contributed by atoms with Gasteiger partial charge in [-0.3, -0.25) is 0 Å². The molecular formula is C17H18. The van der Waals surface area contributed by atoms with Gasteiger partial charge in [0.2, 0.25) is 0 Å². The lowest BCUT2D eigenvalue weighted by Crippen LogP contribution is -1.85. The zero-order chi connectivity index (χ0) is 12.1. The topological polar surface area (TPSA) is 0 Å². The Morgan fingerprint density at radius 3 is 2.41 bits per heavy atom. The third kappa shape index (κ3) is 2.85. The molecule has 0 aliphatic carbocycles. The molecule has 2 aromatic carbocycles. The summed E-state index contributed by atoms with van der Waals surface area (Å²) in [4.78, 5) is 0. The van der Waals surface area contributed by atoms with Crippen LogP contribution in [0.2, 0.25) is 0 Å². The number of rotatable bonds is 4. The molecule has 0 heterocycles. The first-order valence-corrected chi connectivity index (χ1v) is 6.15. The van der Waals surface area contributed by atoms with Crippen molar-refractivity contribution < 1.29 is 0 Å². The van der Waals surface area contributed by atoms with Crippen molar-refractivity contribution in [2.45, 2.75) is 19.8 Å². The van der Waals surface area contributed by atoms with Gasteiger partial charge in [0, 0.05) is 0 Å². The van der Waals surface area contributed by atoms with E-state index in [1.807, 2.05) is 6.08 Å². The Bertz CT molecular complexity index is 509. The second-order valence-corrected chi connectivity index (χ2v) is 4.28. The molecule has 0 N–H and O–H groups in total. The van der Waals surface area contributed by atoms with Gasteiger partial charge in [0.05, 0.1) is 0 Å². The molecule has 0 aliphatic heterocycles. The summed E-state index contributed by atoms with van der Waals surface area (Å²) < 4.78 is 0. The molecule has 0 aliphatic rings. The standard InChI is InChI=1S/C17H18/c1-3-7-15-9-6-11-17(13-15)16-10-5-8-14(4-2)12-16/h4-6,8-13H,2-3,7H2,1H3. The van der Waals surface area contributed by atoms with Crippen LogP contribution in [0.4, 0.5) is 0 Å². The lowest BCUT2D eigenvalue weighted by atomic mass is 10.00. The maximum Gasteiger partial charge on any atom is -0.0178 e. The molecule has 0 atom stereocenters. The molecule has 0 fully saturated rings. The van der Waals surface area contributed by atoms with Gasteiger partial charge in [-0.2, -0.15) is 0 Å². The van der Waals surface area contributed by atoms with Gasteiger partial charge in [-0.1, -0.05) is 68.5 Å². The third-order valence-electron chi connectivity index (χ3n) is 2.92. The van der Waals surface area contributed by atoms with Gasteiger partial charge in [-0.05, 0) is 34.7 Å². The van der Waals surface area contributed by atoms with Crippen LogP contribution in [0.25, 0.3) is 17.2 Å². The molecule has 86 valence electrons. The summed E-state index contributed by atoms with van der Waals surface area (Å²) in [6.07, 6.45) is 4.23. The molecule has 0 radical (unpaired) electrons. The Morgan fingerprint density at radius 1 is 1.00 bits per heavy atom. The van der Waals surface area contributed by atoms with Gasteiger partial charge < -0.3 is 0 Å². The van der Waals surface area contributed by atoms with Crippen LogP contribution >= 0.6 is 0 Å². The highest BCUT2D eigenvalue weighted by atomic mass is 14.0. The van der Waals surface area contributed by atoms with E-state index in [1.165, 1.54) is 28.7 Å². The number of benzene rings is 2. The van der Waals surface area contributed by atoms with Crippen LogP contribution < -0.4 is 0 Å². The zero-order valence-corrected chi connectivity index (χ0v) is 10.3. The maximum atomic E-state index is 3.81. The minimum Gasteiger partial charge on any atom is -0.0985 e. The van der Waals surface area contributed by atoms with Crippen molar-refractivity contribution in [2.24, 2.45) is 0 Å². The van der Waals surface area contributed by atoms with Crippen molar-refractivity contribution in [3.8, 4) is 11.1 Å². The fourth-order valence-electron chi connectivity index (χ4n) is 2.04. The molecule has 0 heteroatoms. The summed E-state index contributed by atoms with van der Waals surface area (Å²) in [6.45, 7) is 6.03. The zero-order valence-electron chi connectivity index (χ0n) is 10.3. The maximum absolute atomic E-state index is 3.81. The van der Waals surface area contributed by atoms with Crippen LogP contribution in [0, 0.1) is 0 Å². The highest BCUT2D eigenvalue weighted by Gasteiger charge is 1.99. The van der Waals surface area contributed by atoms with Crippen LogP contribution in [-0.2, 0) is 6.42 Å². The summed E-state index contributed by atoms with van der Waals surface area (Å²) in [5, 5.41) is 0. The molecule has 17 heavy (non-hydrogen) atoms. The summed E-state index contributed by atoms with van der Waals surface area (Å²) >= 11 is 0. The van der Waals surface area contributed by atoms with Gasteiger partial charge in [-0.25, -0.2) is 0 Å². The largest absolute Gasteiger partial charge is 0.0985 e. The quantitative estimate of drug-likeness (QED) is 0.686. The van der Waals surface area contributed by atoms with Crippen LogP contribution in [-0.4, -0.2) is 0 Å². The number of aryl methyl sites for hydroxylation is 1. The predicted molar refractivity (Wildman–Crippen MR) is 76.0 cm³/mol. The molecule has 0 saturated carbocycles. The molecule has 0 amide bonds. The van der Waals surface area contributed by atoms with Crippen molar-refractivity contribution in [1.29, 1.82) is 0 Å². The summed E-state index contributed by atoms with van der Waals surface area (Å²) in [5.41, 5.74) is 5.14. The van der Waals surface area contributed by atoms with Crippen molar-refractivity contribution in [3.05, 3.63) is 66.2 Å². The van der Waals surface area contributed by atoms with Crippen LogP contribution in [0.5, 0.6) is 0 Å². The number of hydrogen-bond donors (Lipinski definition) is 0. The van der Waals surface area contributed by atoms with E-state index in [0.717, 1.165) is 6.42 Å². The van der Waals surface area contributed by atoms with Crippen LogP contribution in [0.15, 0.2) is 55.1 Å². The lowest BCUT2D eigenvalue weighted by molar-refractivity contribution is 0.922. The van der Waals surface area contributed by atoms with Gasteiger partial charge in [0.15, 0.2) is 0 Å². The van der Waals surface area contributed by atoms with Crippen LogP contribution in [0.1, 0.15) is 24.5 Å². The Labute approximate surface area is 104 Å². The average molecular weight is 222 g/mol. The van der Waals surface area contributed by atoms with Crippen molar-refractivity contribution in [3.63, 3.8) is 0 Å². The smallest absolute Gasteiger partial charge is 0.0178 e. The minimum atomic E-state index is 1.15. The van der Waals surface area contributed by atoms with Gasteiger partial charge >= 0.3 is 0 Å². The Kier molecular flexibility index (Phi) is 3.77. The summed E-state index contributed by atoms with van der Waals surface area (Å²) in [6, 6.07) is 17.3. The highest BCUT2D eigenvalue weighted by Crippen LogP contribution is 2.22. The Morgan fingerprint density at radius 2 is 1.71 bits per heavy atom. The van der Waals surface area contributed by atoms with Crippen LogP contribution in [0.3, 0.4) is 0 Å². The second-order valence-electron chi connectivity index (χ2n) is 4.28. The fraction of sp³-hybridized carbons (Fsp3) is 0.176. The molecule has 0 nitrogen and oxygen atoms in total. The molecule has 0 aromatic heterocycles. The normalized spacial score (nSPS) is 10.2. The summed E-state index contributed by atoms with van der Waals surface area (Å²) in [5.74, 6) is 0. The molecular weight excluding hydrogens is 204 g/mol. The third-order valence-corrected chi connectivity index (χ3v) is 2.92. The summed E-state index contributed by atoms with van der Waals surface area (Å²) in [7, 11) is 0. The number of hydrogen-bond acceptors (Lipinski definition) is 0. The molecule has 0 spiro atoms. The van der Waals surface area contributed by atoms with E-state index in [0.29, 0.717) is 0 Å². The van der Waals surface area contributed by atoms with E-state index in [4.69, 9.17) is 0 Å². The minimum absolute atomic E-state index is 1.15. The van der Waals surface area contributed by atoms with Gasteiger partial charge in [0.1, 0.15) is 0 Å². The van der Waals surface area contributed by atoms with E-state index in [1.54, 1.807) is 0 Å². The molecule has 0 unspecified atom stereocenters. The van der Waals surface area contributed by atoms with Crippen molar-refractivity contribution in [2.75, 3.05) is 0 Å².